The monoisotopic (exact) mass is 311 g/mol. The van der Waals surface area contributed by atoms with Gasteiger partial charge in [-0.25, -0.2) is 14.8 Å². The molecular weight excluding hydrogens is 290 g/mol. The topological polar surface area (TPSA) is 55.3 Å². The Balaban J connectivity index is 1.95. The van der Waals surface area contributed by atoms with Gasteiger partial charge in [0.2, 0.25) is 0 Å². The van der Waals surface area contributed by atoms with Crippen molar-refractivity contribution in [1.29, 1.82) is 0 Å². The van der Waals surface area contributed by atoms with Gasteiger partial charge in [0.05, 0.1) is 0 Å². The second-order valence-electron chi connectivity index (χ2n) is 6.43. The molecule has 0 bridgehead atoms. The summed E-state index contributed by atoms with van der Waals surface area (Å²) in [6.45, 7) is 8.86. The number of likely N-dealkylation sites (tertiary alicyclic amines) is 1. The van der Waals surface area contributed by atoms with E-state index in [-0.39, 0.29) is 12.0 Å². The number of piperidine rings is 1. The first-order chi connectivity index (χ1) is 9.74. The highest BCUT2D eigenvalue weighted by Crippen LogP contribution is 2.27. The molecule has 21 heavy (non-hydrogen) atoms. The van der Waals surface area contributed by atoms with Crippen LogP contribution in [0.2, 0.25) is 5.15 Å². The molecule has 1 amide bonds. The molecule has 0 N–H and O–H groups in total. The Hall–Kier alpha value is -1.36. The number of carbonyl (C=O) groups excluding carboxylic acids is 1. The fourth-order valence-corrected chi connectivity index (χ4v) is 2.63. The van der Waals surface area contributed by atoms with Gasteiger partial charge in [-0.05, 0) is 46.6 Å². The molecule has 0 saturated carbocycles. The summed E-state index contributed by atoms with van der Waals surface area (Å²) in [5.74, 6) is 1.03. The van der Waals surface area contributed by atoms with Gasteiger partial charge in [0.15, 0.2) is 0 Å². The van der Waals surface area contributed by atoms with Crippen LogP contribution in [0, 0.1) is 6.92 Å². The van der Waals surface area contributed by atoms with Crippen LogP contribution < -0.4 is 0 Å². The molecule has 2 rings (SSSR count). The first-order valence-electron chi connectivity index (χ1n) is 7.23. The van der Waals surface area contributed by atoms with Crippen molar-refractivity contribution in [2.45, 2.75) is 52.1 Å². The quantitative estimate of drug-likeness (QED) is 0.744. The third kappa shape index (κ3) is 4.56. The number of carbonyl (C=O) groups is 1. The lowest BCUT2D eigenvalue weighted by Gasteiger charge is -2.33. The molecule has 116 valence electrons. The Bertz CT molecular complexity index is 500. The minimum absolute atomic E-state index is 0.246. The minimum atomic E-state index is -0.457. The molecule has 0 spiro atoms. The third-order valence-corrected chi connectivity index (χ3v) is 3.55. The maximum absolute atomic E-state index is 12.0. The van der Waals surface area contributed by atoms with E-state index in [1.54, 1.807) is 11.0 Å². The van der Waals surface area contributed by atoms with Crippen LogP contribution >= 0.6 is 11.6 Å². The van der Waals surface area contributed by atoms with E-state index in [1.807, 2.05) is 27.7 Å². The van der Waals surface area contributed by atoms with Crippen molar-refractivity contribution in [2.24, 2.45) is 0 Å². The van der Waals surface area contributed by atoms with Gasteiger partial charge in [-0.3, -0.25) is 0 Å². The number of halogens is 1. The summed E-state index contributed by atoms with van der Waals surface area (Å²) < 4.78 is 5.39. The second-order valence-corrected chi connectivity index (χ2v) is 6.82. The molecule has 0 aliphatic carbocycles. The van der Waals surface area contributed by atoms with Crippen molar-refractivity contribution in [3.8, 4) is 0 Å². The molecule has 1 saturated heterocycles. The van der Waals surface area contributed by atoms with Crippen LogP contribution in [0.25, 0.3) is 0 Å². The zero-order valence-electron chi connectivity index (χ0n) is 13.0. The first kappa shape index (κ1) is 16.0. The van der Waals surface area contributed by atoms with Crippen LogP contribution in [-0.2, 0) is 4.74 Å². The number of amides is 1. The molecule has 0 unspecified atom stereocenters. The predicted molar refractivity (Wildman–Crippen MR) is 81.6 cm³/mol. The highest BCUT2D eigenvalue weighted by Gasteiger charge is 2.28. The maximum Gasteiger partial charge on any atom is 0.410 e. The molecule has 0 aromatic carbocycles. The van der Waals surface area contributed by atoms with Crippen LogP contribution in [0.4, 0.5) is 4.79 Å². The van der Waals surface area contributed by atoms with E-state index >= 15 is 0 Å². The molecule has 0 atom stereocenters. The van der Waals surface area contributed by atoms with Crippen LogP contribution in [0.1, 0.15) is 51.0 Å². The number of hydrogen-bond acceptors (Lipinski definition) is 4. The lowest BCUT2D eigenvalue weighted by atomic mass is 9.96. The van der Waals surface area contributed by atoms with E-state index in [4.69, 9.17) is 16.3 Å². The van der Waals surface area contributed by atoms with Crippen molar-refractivity contribution in [1.82, 2.24) is 14.9 Å². The fourth-order valence-electron chi connectivity index (χ4n) is 2.38. The largest absolute Gasteiger partial charge is 0.444 e. The number of rotatable bonds is 1. The van der Waals surface area contributed by atoms with Crippen LogP contribution in [0.15, 0.2) is 6.07 Å². The average molecular weight is 312 g/mol. The van der Waals surface area contributed by atoms with Crippen LogP contribution in [-0.4, -0.2) is 39.7 Å². The molecule has 0 radical (unpaired) electrons. The van der Waals surface area contributed by atoms with Gasteiger partial charge >= 0.3 is 6.09 Å². The first-order valence-corrected chi connectivity index (χ1v) is 7.61. The van der Waals surface area contributed by atoms with E-state index in [1.165, 1.54) is 0 Å². The Morgan fingerprint density at radius 1 is 1.33 bits per heavy atom. The van der Waals surface area contributed by atoms with Gasteiger partial charge in [-0.1, -0.05) is 11.6 Å². The summed E-state index contributed by atoms with van der Waals surface area (Å²) in [5, 5.41) is 0.479. The molecule has 1 aliphatic rings. The van der Waals surface area contributed by atoms with E-state index in [2.05, 4.69) is 9.97 Å². The lowest BCUT2D eigenvalue weighted by molar-refractivity contribution is 0.0203. The predicted octanol–water partition coefficient (Wildman–Crippen LogP) is 3.55. The van der Waals surface area contributed by atoms with Crippen molar-refractivity contribution >= 4 is 17.7 Å². The zero-order valence-corrected chi connectivity index (χ0v) is 13.8. The summed E-state index contributed by atoms with van der Waals surface area (Å²) in [5.41, 5.74) is 0.417. The molecule has 1 aliphatic heterocycles. The molecule has 2 heterocycles. The summed E-state index contributed by atoms with van der Waals surface area (Å²) in [4.78, 5) is 22.5. The van der Waals surface area contributed by atoms with Gasteiger partial charge in [0.25, 0.3) is 0 Å². The lowest BCUT2D eigenvalue weighted by Crippen LogP contribution is -2.41. The standard InChI is InChI=1S/C15H22ClN3O2/c1-10-9-12(16)18-13(17-10)11-5-7-19(8-6-11)14(20)21-15(2,3)4/h9,11H,5-8H2,1-4H3. The van der Waals surface area contributed by atoms with E-state index in [0.717, 1.165) is 24.4 Å². The number of aryl methyl sites for hydroxylation is 1. The van der Waals surface area contributed by atoms with E-state index in [9.17, 15) is 4.79 Å². The fraction of sp³-hybridized carbons (Fsp3) is 0.667. The molecule has 1 aromatic heterocycles. The molecule has 5 nitrogen and oxygen atoms in total. The normalized spacial score (nSPS) is 16.9. The van der Waals surface area contributed by atoms with Gasteiger partial charge in [-0.15, -0.1) is 0 Å². The average Bonchev–Trinajstić information content (AvgIpc) is 2.35. The summed E-state index contributed by atoms with van der Waals surface area (Å²) >= 11 is 5.99. The van der Waals surface area contributed by atoms with Crippen molar-refractivity contribution < 1.29 is 9.53 Å². The number of hydrogen-bond donors (Lipinski definition) is 0. The van der Waals surface area contributed by atoms with Crippen LogP contribution in [0.3, 0.4) is 0 Å². The summed E-state index contributed by atoms with van der Waals surface area (Å²) in [6.07, 6.45) is 1.42. The highest BCUT2D eigenvalue weighted by atomic mass is 35.5. The molecule has 6 heteroatoms. The van der Waals surface area contributed by atoms with Crippen molar-refractivity contribution in [3.05, 3.63) is 22.7 Å². The van der Waals surface area contributed by atoms with E-state index in [0.29, 0.717) is 18.2 Å². The number of ether oxygens (including phenoxy) is 1. The Morgan fingerprint density at radius 3 is 2.48 bits per heavy atom. The van der Waals surface area contributed by atoms with Crippen molar-refractivity contribution in [3.63, 3.8) is 0 Å². The smallest absolute Gasteiger partial charge is 0.410 e. The van der Waals surface area contributed by atoms with Gasteiger partial charge in [-0.2, -0.15) is 0 Å². The Labute approximate surface area is 130 Å². The third-order valence-electron chi connectivity index (χ3n) is 3.35. The molecule has 1 fully saturated rings. The molecular formula is C15H22ClN3O2. The Kier molecular flexibility index (Phi) is 4.71. The zero-order chi connectivity index (χ0) is 15.6. The van der Waals surface area contributed by atoms with Gasteiger partial charge in [0.1, 0.15) is 16.6 Å². The van der Waals surface area contributed by atoms with Gasteiger partial charge < -0.3 is 9.64 Å². The SMILES string of the molecule is Cc1cc(Cl)nc(C2CCN(C(=O)OC(C)(C)C)CC2)n1. The van der Waals surface area contributed by atoms with Crippen molar-refractivity contribution in [2.75, 3.05) is 13.1 Å². The highest BCUT2D eigenvalue weighted by molar-refractivity contribution is 6.29. The molecule has 1 aromatic rings. The van der Waals surface area contributed by atoms with Gasteiger partial charge in [0, 0.05) is 24.7 Å². The van der Waals surface area contributed by atoms with E-state index < -0.39 is 5.60 Å². The number of nitrogens with zero attached hydrogens (tertiary/aromatic N) is 3. The second kappa shape index (κ2) is 6.18. The number of aromatic nitrogens is 2. The Morgan fingerprint density at radius 2 is 1.95 bits per heavy atom. The summed E-state index contributed by atoms with van der Waals surface area (Å²) in [6, 6.07) is 1.75. The van der Waals surface area contributed by atoms with Crippen LogP contribution in [0.5, 0.6) is 0 Å². The minimum Gasteiger partial charge on any atom is -0.444 e. The summed E-state index contributed by atoms with van der Waals surface area (Å²) in [7, 11) is 0. The maximum atomic E-state index is 12.0.